The molecule has 0 bridgehead atoms. The summed E-state index contributed by atoms with van der Waals surface area (Å²) < 4.78 is 7.05. The molecular formula is C34H26Cl3N3O3. The molecule has 0 spiro atoms. The van der Waals surface area contributed by atoms with Gasteiger partial charge >= 0.3 is 0 Å². The Hall–Kier alpha value is -4.28. The second-order valence-corrected chi connectivity index (χ2v) is 11.4. The minimum absolute atomic E-state index is 0.000798. The predicted molar refractivity (Wildman–Crippen MR) is 172 cm³/mol. The van der Waals surface area contributed by atoms with Crippen molar-refractivity contribution in [2.24, 2.45) is 0 Å². The first-order valence-electron chi connectivity index (χ1n) is 13.3. The molecule has 1 amide bonds. The van der Waals surface area contributed by atoms with E-state index in [1.807, 2.05) is 32.0 Å². The average Bonchev–Trinajstić information content (AvgIpc) is 3.26. The Balaban J connectivity index is 1.46. The molecule has 5 rings (SSSR count). The molecule has 0 unspecified atom stereocenters. The molecule has 6 nitrogen and oxygen atoms in total. The zero-order valence-electron chi connectivity index (χ0n) is 23.5. The van der Waals surface area contributed by atoms with E-state index in [0.29, 0.717) is 54.4 Å². The topological polar surface area (TPSA) is 84.1 Å². The number of aromatic nitrogens is 1. The number of rotatable bonds is 7. The number of nitriles is 1. The van der Waals surface area contributed by atoms with Crippen molar-refractivity contribution in [3.8, 4) is 11.8 Å². The lowest BCUT2D eigenvalue weighted by atomic mass is 9.91. The van der Waals surface area contributed by atoms with Crippen molar-refractivity contribution in [2.45, 2.75) is 26.2 Å². The first-order valence-corrected chi connectivity index (χ1v) is 14.5. The number of hydrogen-bond acceptors (Lipinski definition) is 4. The number of nitrogens with one attached hydrogen (secondary N) is 1. The van der Waals surface area contributed by atoms with E-state index in [2.05, 4.69) is 11.4 Å². The maximum Gasteiger partial charge on any atom is 0.262 e. The molecule has 43 heavy (non-hydrogen) atoms. The van der Waals surface area contributed by atoms with Crippen LogP contribution in [0.3, 0.4) is 0 Å². The van der Waals surface area contributed by atoms with E-state index in [1.165, 1.54) is 0 Å². The molecule has 0 aliphatic heterocycles. The van der Waals surface area contributed by atoms with Crippen LogP contribution in [0.4, 0.5) is 5.69 Å². The van der Waals surface area contributed by atoms with E-state index >= 15 is 0 Å². The van der Waals surface area contributed by atoms with Crippen LogP contribution in [-0.2, 0) is 11.2 Å². The van der Waals surface area contributed by atoms with Gasteiger partial charge in [-0.15, -0.1) is 0 Å². The average molecular weight is 631 g/mol. The van der Waals surface area contributed by atoms with Crippen molar-refractivity contribution in [1.82, 2.24) is 4.57 Å². The fourth-order valence-corrected chi connectivity index (χ4v) is 5.71. The monoisotopic (exact) mass is 629 g/mol. The minimum Gasteiger partial charge on any atom is -0.497 e. The Morgan fingerprint density at radius 2 is 1.58 bits per heavy atom. The molecule has 216 valence electrons. The molecule has 0 radical (unpaired) electrons. The Kier molecular flexibility index (Phi) is 8.79. The quantitative estimate of drug-likeness (QED) is 0.195. The van der Waals surface area contributed by atoms with Crippen LogP contribution in [0, 0.1) is 25.2 Å². The maximum atomic E-state index is 13.6. The van der Waals surface area contributed by atoms with E-state index < -0.39 is 5.92 Å². The van der Waals surface area contributed by atoms with Crippen LogP contribution >= 0.6 is 34.8 Å². The van der Waals surface area contributed by atoms with Crippen molar-refractivity contribution < 1.29 is 14.3 Å². The number of ether oxygens (including phenoxy) is 1. The third-order valence-electron chi connectivity index (χ3n) is 7.43. The number of benzene rings is 4. The minimum atomic E-state index is -0.602. The summed E-state index contributed by atoms with van der Waals surface area (Å²) in [5, 5.41) is 15.1. The first kappa shape index (κ1) is 30.2. The Labute approximate surface area is 264 Å². The molecule has 0 fully saturated rings. The highest BCUT2D eigenvalue weighted by atomic mass is 35.5. The highest BCUT2D eigenvalue weighted by molar-refractivity contribution is 6.32. The second kappa shape index (κ2) is 12.5. The summed E-state index contributed by atoms with van der Waals surface area (Å²) in [6, 6.07) is 24.9. The molecule has 0 saturated carbocycles. The van der Waals surface area contributed by atoms with Crippen molar-refractivity contribution in [2.75, 3.05) is 12.4 Å². The van der Waals surface area contributed by atoms with Gasteiger partial charge in [0.1, 0.15) is 5.75 Å². The summed E-state index contributed by atoms with van der Waals surface area (Å²) in [5.41, 5.74) is 5.15. The number of halogens is 3. The number of aryl methyl sites for hydroxylation is 1. The van der Waals surface area contributed by atoms with Gasteiger partial charge in [-0.25, -0.2) is 0 Å². The number of methoxy groups -OCH3 is 1. The molecule has 0 saturated heterocycles. The highest BCUT2D eigenvalue weighted by Crippen LogP contribution is 2.35. The van der Waals surface area contributed by atoms with Gasteiger partial charge in [-0.1, -0.05) is 53.0 Å². The van der Waals surface area contributed by atoms with Crippen LogP contribution in [-0.4, -0.2) is 23.5 Å². The first-order chi connectivity index (χ1) is 20.6. The number of anilines is 1. The molecule has 1 aromatic heterocycles. The second-order valence-electron chi connectivity index (χ2n) is 10.1. The van der Waals surface area contributed by atoms with Crippen molar-refractivity contribution in [1.29, 1.82) is 5.26 Å². The lowest BCUT2D eigenvalue weighted by molar-refractivity contribution is -0.115. The summed E-state index contributed by atoms with van der Waals surface area (Å²) in [6.07, 6.45) is 0.000798. The lowest BCUT2D eigenvalue weighted by Gasteiger charge is -2.16. The van der Waals surface area contributed by atoms with Gasteiger partial charge in [0, 0.05) is 37.4 Å². The van der Waals surface area contributed by atoms with E-state index in [4.69, 9.17) is 39.5 Å². The molecule has 1 atom stereocenters. The Bertz CT molecular complexity index is 1910. The number of carbonyl (C=O) groups is 2. The van der Waals surface area contributed by atoms with Crippen molar-refractivity contribution in [3.63, 3.8) is 0 Å². The fraction of sp³-hybridized carbons (Fsp3) is 0.147. The summed E-state index contributed by atoms with van der Waals surface area (Å²) in [4.78, 5) is 27.0. The third kappa shape index (κ3) is 6.11. The van der Waals surface area contributed by atoms with Crippen molar-refractivity contribution >= 4 is 63.2 Å². The number of amides is 1. The van der Waals surface area contributed by atoms with Crippen LogP contribution in [0.25, 0.3) is 10.9 Å². The van der Waals surface area contributed by atoms with Gasteiger partial charge in [0.25, 0.3) is 5.91 Å². The highest BCUT2D eigenvalue weighted by Gasteiger charge is 2.23. The van der Waals surface area contributed by atoms with Gasteiger partial charge in [0.05, 0.1) is 31.0 Å². The van der Waals surface area contributed by atoms with E-state index in [9.17, 15) is 14.9 Å². The number of hydrogen-bond donors (Lipinski definition) is 1. The summed E-state index contributed by atoms with van der Waals surface area (Å²) >= 11 is 18.7. The SMILES string of the molecule is COc1ccc2c(c1)c(CC(=O)Nc1cc(Cl)c([C@H](C#N)c3ccc(Cl)cc3)cc1C)c(C)n2C(=O)c1ccc(Cl)cc1. The van der Waals surface area contributed by atoms with Crippen LogP contribution in [0.1, 0.15) is 44.2 Å². The van der Waals surface area contributed by atoms with Gasteiger partial charge in [0.15, 0.2) is 0 Å². The molecule has 0 aliphatic rings. The Morgan fingerprint density at radius 3 is 2.21 bits per heavy atom. The molecule has 5 aromatic rings. The van der Waals surface area contributed by atoms with E-state index in [1.54, 1.807) is 72.3 Å². The number of fused-ring (bicyclic) bond motifs is 1. The molecule has 1 heterocycles. The largest absolute Gasteiger partial charge is 0.497 e. The van der Waals surface area contributed by atoms with Crippen LogP contribution in [0.5, 0.6) is 5.75 Å². The number of carbonyl (C=O) groups excluding carboxylic acids is 2. The summed E-state index contributed by atoms with van der Waals surface area (Å²) in [6.45, 7) is 3.66. The van der Waals surface area contributed by atoms with Gasteiger partial charge in [-0.2, -0.15) is 5.26 Å². The van der Waals surface area contributed by atoms with Gasteiger partial charge in [-0.3, -0.25) is 14.2 Å². The normalized spacial score (nSPS) is 11.7. The van der Waals surface area contributed by atoms with Gasteiger partial charge < -0.3 is 10.1 Å². The molecule has 4 aromatic carbocycles. The fourth-order valence-electron chi connectivity index (χ4n) is 5.19. The zero-order chi connectivity index (χ0) is 30.8. The van der Waals surface area contributed by atoms with E-state index in [-0.39, 0.29) is 18.2 Å². The molecule has 0 aliphatic carbocycles. The molecule has 1 N–H and O–H groups in total. The third-order valence-corrected chi connectivity index (χ3v) is 8.27. The molecular weight excluding hydrogens is 605 g/mol. The molecule has 9 heteroatoms. The standard InChI is InChI=1S/C34H26Cl3N3O3/c1-19-14-27(29(18-38)21-4-8-23(35)9-5-21)30(37)17-31(19)39-33(41)16-26-20(2)40(32-13-12-25(43-3)15-28(26)32)34(42)22-6-10-24(36)11-7-22/h4-15,17,29H,16H2,1-3H3,(H,39,41)/t29-/m1/s1. The zero-order valence-corrected chi connectivity index (χ0v) is 25.8. The van der Waals surface area contributed by atoms with Gasteiger partial charge in [0.2, 0.25) is 5.91 Å². The summed E-state index contributed by atoms with van der Waals surface area (Å²) in [7, 11) is 1.57. The summed E-state index contributed by atoms with van der Waals surface area (Å²) in [5.74, 6) is -0.515. The van der Waals surface area contributed by atoms with Crippen LogP contribution < -0.4 is 10.1 Å². The van der Waals surface area contributed by atoms with Crippen LogP contribution in [0.2, 0.25) is 15.1 Å². The predicted octanol–water partition coefficient (Wildman–Crippen LogP) is 8.75. The van der Waals surface area contributed by atoms with Gasteiger partial charge in [-0.05, 0) is 96.8 Å². The van der Waals surface area contributed by atoms with E-state index in [0.717, 1.165) is 16.5 Å². The maximum absolute atomic E-state index is 13.6. The number of nitrogens with zero attached hydrogens (tertiary/aromatic N) is 2. The Morgan fingerprint density at radius 1 is 0.930 bits per heavy atom. The van der Waals surface area contributed by atoms with Crippen LogP contribution in [0.15, 0.2) is 78.9 Å². The smallest absolute Gasteiger partial charge is 0.262 e. The van der Waals surface area contributed by atoms with Crippen molar-refractivity contribution in [3.05, 3.63) is 127 Å². The lowest BCUT2D eigenvalue weighted by Crippen LogP contribution is -2.17.